The first-order valence-corrected chi connectivity index (χ1v) is 5.39. The van der Waals surface area contributed by atoms with Crippen molar-refractivity contribution in [1.29, 1.82) is 0 Å². The van der Waals surface area contributed by atoms with Gasteiger partial charge in [0, 0.05) is 19.3 Å². The van der Waals surface area contributed by atoms with Crippen LogP contribution in [0, 0.1) is 0 Å². The number of halogens is 1. The molecule has 5 nitrogen and oxygen atoms in total. The van der Waals surface area contributed by atoms with Crippen LogP contribution in [0.15, 0.2) is 29.4 Å². The highest BCUT2D eigenvalue weighted by Gasteiger charge is 1.96. The molecule has 1 aromatic heterocycles. The van der Waals surface area contributed by atoms with Gasteiger partial charge in [0.2, 0.25) is 0 Å². The zero-order chi connectivity index (χ0) is 11.6. The molecule has 0 aromatic carbocycles. The van der Waals surface area contributed by atoms with Crippen LogP contribution in [0.5, 0.6) is 0 Å². The number of aliphatic imine (C=N–C) groups is 1. The fourth-order valence-electron chi connectivity index (χ4n) is 1.17. The molecule has 1 aromatic rings. The van der Waals surface area contributed by atoms with Crippen molar-refractivity contribution in [1.82, 2.24) is 15.6 Å². The van der Waals surface area contributed by atoms with E-state index in [1.54, 1.807) is 6.20 Å². The molecule has 0 aliphatic rings. The molecule has 0 spiro atoms. The number of hydrogen-bond donors (Lipinski definition) is 3. The molecule has 17 heavy (non-hydrogen) atoms. The van der Waals surface area contributed by atoms with Gasteiger partial charge in [-0.25, -0.2) is 4.99 Å². The van der Waals surface area contributed by atoms with Crippen molar-refractivity contribution in [3.8, 4) is 0 Å². The van der Waals surface area contributed by atoms with Crippen molar-refractivity contribution >= 4 is 29.9 Å². The van der Waals surface area contributed by atoms with Crippen molar-refractivity contribution in [3.63, 3.8) is 0 Å². The molecule has 0 atom stereocenters. The normalized spacial score (nSPS) is 10.6. The average molecular weight is 350 g/mol. The summed E-state index contributed by atoms with van der Waals surface area (Å²) >= 11 is 0. The molecule has 0 saturated carbocycles. The highest BCUT2D eigenvalue weighted by atomic mass is 127. The summed E-state index contributed by atoms with van der Waals surface area (Å²) < 4.78 is 0. The van der Waals surface area contributed by atoms with Gasteiger partial charge in [-0.3, -0.25) is 4.98 Å². The van der Waals surface area contributed by atoms with Gasteiger partial charge in [-0.15, -0.1) is 24.0 Å². The molecule has 3 N–H and O–H groups in total. The first kappa shape index (κ1) is 16.1. The van der Waals surface area contributed by atoms with Crippen LogP contribution in [0.1, 0.15) is 12.6 Å². The Morgan fingerprint density at radius 1 is 1.41 bits per heavy atom. The minimum absolute atomic E-state index is 0. The lowest BCUT2D eigenvalue weighted by molar-refractivity contribution is 0.300. The molecule has 0 saturated heterocycles. The largest absolute Gasteiger partial charge is 0.395 e. The van der Waals surface area contributed by atoms with E-state index < -0.39 is 0 Å². The number of guanidine groups is 1. The van der Waals surface area contributed by atoms with E-state index in [9.17, 15) is 0 Å². The summed E-state index contributed by atoms with van der Waals surface area (Å²) in [6.07, 6.45) is 1.75. The zero-order valence-electron chi connectivity index (χ0n) is 9.89. The average Bonchev–Trinajstić information content (AvgIpc) is 2.34. The maximum Gasteiger partial charge on any atom is 0.191 e. The summed E-state index contributed by atoms with van der Waals surface area (Å²) in [4.78, 5) is 8.52. The molecule has 0 bridgehead atoms. The molecular weight excluding hydrogens is 331 g/mol. The lowest BCUT2D eigenvalue weighted by atomic mass is 10.3. The van der Waals surface area contributed by atoms with E-state index in [0.29, 0.717) is 19.0 Å². The molecule has 0 aliphatic heterocycles. The molecule has 0 unspecified atom stereocenters. The number of nitrogens with one attached hydrogen (secondary N) is 2. The maximum absolute atomic E-state index is 8.71. The van der Waals surface area contributed by atoms with Crippen LogP contribution in [0.4, 0.5) is 0 Å². The summed E-state index contributed by atoms with van der Waals surface area (Å²) in [7, 11) is 0. The van der Waals surface area contributed by atoms with Crippen LogP contribution in [0.2, 0.25) is 0 Å². The second-order valence-electron chi connectivity index (χ2n) is 3.17. The van der Waals surface area contributed by atoms with E-state index >= 15 is 0 Å². The first-order chi connectivity index (χ1) is 7.86. The molecule has 0 amide bonds. The summed E-state index contributed by atoms with van der Waals surface area (Å²) in [6.45, 7) is 3.90. The van der Waals surface area contributed by atoms with E-state index in [1.165, 1.54) is 0 Å². The Kier molecular flexibility index (Phi) is 9.74. The quantitative estimate of drug-likeness (QED) is 0.416. The molecule has 0 fully saturated rings. The molecule has 96 valence electrons. The Labute approximate surface area is 119 Å². The van der Waals surface area contributed by atoms with E-state index in [0.717, 1.165) is 12.2 Å². The maximum atomic E-state index is 8.71. The first-order valence-electron chi connectivity index (χ1n) is 5.39. The molecular formula is C11H19IN4O. The molecule has 0 aliphatic carbocycles. The third-order valence-electron chi connectivity index (χ3n) is 1.87. The van der Waals surface area contributed by atoms with Gasteiger partial charge in [0.15, 0.2) is 5.96 Å². The molecule has 6 heteroatoms. The third kappa shape index (κ3) is 7.11. The Morgan fingerprint density at radius 2 is 2.24 bits per heavy atom. The van der Waals surface area contributed by atoms with E-state index in [2.05, 4.69) is 20.6 Å². The van der Waals surface area contributed by atoms with Crippen LogP contribution in [0.3, 0.4) is 0 Å². The molecule has 0 radical (unpaired) electrons. The fourth-order valence-corrected chi connectivity index (χ4v) is 1.17. The number of rotatable bonds is 5. The van der Waals surface area contributed by atoms with Crippen LogP contribution in [-0.4, -0.2) is 35.7 Å². The summed E-state index contributed by atoms with van der Waals surface area (Å²) in [5.74, 6) is 0.696. The fraction of sp³-hybridized carbons (Fsp3) is 0.455. The Balaban J connectivity index is 0.00000256. The summed E-state index contributed by atoms with van der Waals surface area (Å²) in [6, 6.07) is 5.74. The van der Waals surface area contributed by atoms with Gasteiger partial charge in [-0.2, -0.15) is 0 Å². The Morgan fingerprint density at radius 3 is 2.82 bits per heavy atom. The highest BCUT2D eigenvalue weighted by Crippen LogP contribution is 1.94. The lowest BCUT2D eigenvalue weighted by Crippen LogP contribution is -2.38. The standard InChI is InChI=1S/C11H18N4O.HI/c1-2-12-11(14-7-8-16)15-9-10-5-3-4-6-13-10;/h3-6,16H,2,7-9H2,1H3,(H2,12,14,15);1H. The highest BCUT2D eigenvalue weighted by molar-refractivity contribution is 14.0. The number of nitrogens with zero attached hydrogens (tertiary/aromatic N) is 2. The van der Waals surface area contributed by atoms with E-state index in [1.807, 2.05) is 25.1 Å². The second kappa shape index (κ2) is 10.3. The molecule has 1 rings (SSSR count). The van der Waals surface area contributed by atoms with Crippen LogP contribution in [0.25, 0.3) is 0 Å². The zero-order valence-corrected chi connectivity index (χ0v) is 12.2. The third-order valence-corrected chi connectivity index (χ3v) is 1.87. The van der Waals surface area contributed by atoms with Gasteiger partial charge in [0.05, 0.1) is 18.8 Å². The van der Waals surface area contributed by atoms with Crippen LogP contribution in [-0.2, 0) is 6.54 Å². The number of hydrogen-bond acceptors (Lipinski definition) is 3. The summed E-state index contributed by atoms with van der Waals surface area (Å²) in [5, 5.41) is 14.8. The summed E-state index contributed by atoms with van der Waals surface area (Å²) in [5.41, 5.74) is 0.920. The SMILES string of the molecule is CCNC(=NCc1ccccn1)NCCO.I. The number of aliphatic hydroxyl groups is 1. The van der Waals surface area contributed by atoms with Crippen LogP contribution < -0.4 is 10.6 Å². The number of aliphatic hydroxyl groups excluding tert-OH is 1. The van der Waals surface area contributed by atoms with Crippen molar-refractivity contribution in [2.45, 2.75) is 13.5 Å². The van der Waals surface area contributed by atoms with Gasteiger partial charge in [0.1, 0.15) is 0 Å². The minimum atomic E-state index is 0. The number of aromatic nitrogens is 1. The monoisotopic (exact) mass is 350 g/mol. The minimum Gasteiger partial charge on any atom is -0.395 e. The second-order valence-corrected chi connectivity index (χ2v) is 3.17. The van der Waals surface area contributed by atoms with Gasteiger partial charge >= 0.3 is 0 Å². The van der Waals surface area contributed by atoms with Gasteiger partial charge < -0.3 is 15.7 Å². The van der Waals surface area contributed by atoms with Crippen LogP contribution >= 0.6 is 24.0 Å². The van der Waals surface area contributed by atoms with Gasteiger partial charge in [-0.05, 0) is 19.1 Å². The van der Waals surface area contributed by atoms with Crippen molar-refractivity contribution in [2.24, 2.45) is 4.99 Å². The van der Waals surface area contributed by atoms with Crippen molar-refractivity contribution < 1.29 is 5.11 Å². The predicted molar refractivity (Wildman–Crippen MR) is 79.6 cm³/mol. The Hall–Kier alpha value is -0.890. The lowest BCUT2D eigenvalue weighted by Gasteiger charge is -2.09. The topological polar surface area (TPSA) is 69.5 Å². The van der Waals surface area contributed by atoms with Crippen molar-refractivity contribution in [2.75, 3.05) is 19.7 Å². The van der Waals surface area contributed by atoms with E-state index in [4.69, 9.17) is 5.11 Å². The van der Waals surface area contributed by atoms with Gasteiger partial charge in [-0.1, -0.05) is 6.07 Å². The van der Waals surface area contributed by atoms with Crippen molar-refractivity contribution in [3.05, 3.63) is 30.1 Å². The van der Waals surface area contributed by atoms with Gasteiger partial charge in [0.25, 0.3) is 0 Å². The Bertz CT molecular complexity index is 319. The smallest absolute Gasteiger partial charge is 0.191 e. The molecule has 1 heterocycles. The number of pyridine rings is 1. The predicted octanol–water partition coefficient (Wildman–Crippen LogP) is 0.747. The van der Waals surface area contributed by atoms with E-state index in [-0.39, 0.29) is 30.6 Å².